The highest BCUT2D eigenvalue weighted by atomic mass is 19.4. The molecule has 1 atom stereocenters. The quantitative estimate of drug-likeness (QED) is 0.788. The van der Waals surface area contributed by atoms with Gasteiger partial charge in [-0.3, -0.25) is 0 Å². The molecule has 1 aromatic carbocycles. The second-order valence-corrected chi connectivity index (χ2v) is 8.77. The van der Waals surface area contributed by atoms with Gasteiger partial charge in [0, 0.05) is 42.3 Å². The smallest absolute Gasteiger partial charge is 0.406 e. The van der Waals surface area contributed by atoms with Gasteiger partial charge in [0.25, 0.3) is 0 Å². The summed E-state index contributed by atoms with van der Waals surface area (Å²) in [6.07, 6.45) is -2.85. The summed E-state index contributed by atoms with van der Waals surface area (Å²) in [7, 11) is 0. The van der Waals surface area contributed by atoms with Crippen molar-refractivity contribution < 1.29 is 17.9 Å². The van der Waals surface area contributed by atoms with E-state index in [9.17, 15) is 13.2 Å². The number of ether oxygens (including phenoxy) is 1. The van der Waals surface area contributed by atoms with Crippen LogP contribution < -0.4 is 15.0 Å². The summed E-state index contributed by atoms with van der Waals surface area (Å²) in [6, 6.07) is 8.70. The van der Waals surface area contributed by atoms with Crippen molar-refractivity contribution in [1.82, 2.24) is 10.3 Å². The highest BCUT2D eigenvalue weighted by Gasteiger charge is 2.34. The molecule has 1 N–H and O–H groups in total. The van der Waals surface area contributed by atoms with E-state index in [0.29, 0.717) is 6.04 Å². The van der Waals surface area contributed by atoms with E-state index in [1.54, 1.807) is 6.07 Å². The Morgan fingerprint density at radius 1 is 1.17 bits per heavy atom. The maximum Gasteiger partial charge on any atom is 0.573 e. The molecule has 1 aromatic heterocycles. The van der Waals surface area contributed by atoms with E-state index in [4.69, 9.17) is 4.98 Å². The van der Waals surface area contributed by atoms with Crippen LogP contribution in [0.3, 0.4) is 0 Å². The topological polar surface area (TPSA) is 37.4 Å². The second-order valence-electron chi connectivity index (χ2n) is 8.77. The van der Waals surface area contributed by atoms with Gasteiger partial charge >= 0.3 is 6.36 Å². The molecular formula is C22H26F3N3O. The number of benzene rings is 1. The molecule has 0 aliphatic carbocycles. The van der Waals surface area contributed by atoms with E-state index in [2.05, 4.69) is 35.7 Å². The van der Waals surface area contributed by atoms with Crippen LogP contribution in [-0.4, -0.2) is 37.0 Å². The van der Waals surface area contributed by atoms with Gasteiger partial charge in [-0.15, -0.1) is 13.2 Å². The molecule has 4 nitrogen and oxygen atoms in total. The van der Waals surface area contributed by atoms with Gasteiger partial charge in [0.2, 0.25) is 0 Å². The first-order valence-corrected chi connectivity index (χ1v) is 10.00. The summed E-state index contributed by atoms with van der Waals surface area (Å²) in [6.45, 7) is 9.04. The first-order valence-electron chi connectivity index (χ1n) is 10.00. The summed E-state index contributed by atoms with van der Waals surface area (Å²) in [5, 5.41) is 3.44. The van der Waals surface area contributed by atoms with Gasteiger partial charge < -0.3 is 15.0 Å². The molecule has 0 spiro atoms. The van der Waals surface area contributed by atoms with Gasteiger partial charge in [0.05, 0.1) is 0 Å². The SMILES string of the molecule is CC(C)(C)c1cc(-c2cccc(OC(F)(F)F)c2)c2c(n1)N1CCNC[C@H]1CC2. The van der Waals surface area contributed by atoms with Crippen LogP contribution in [0.15, 0.2) is 30.3 Å². The summed E-state index contributed by atoms with van der Waals surface area (Å²) in [5.41, 5.74) is 3.55. The van der Waals surface area contributed by atoms with Gasteiger partial charge in [-0.1, -0.05) is 32.9 Å². The predicted molar refractivity (Wildman–Crippen MR) is 107 cm³/mol. The van der Waals surface area contributed by atoms with Crippen LogP contribution in [0.1, 0.15) is 38.4 Å². The van der Waals surface area contributed by atoms with E-state index in [1.807, 2.05) is 12.1 Å². The average molecular weight is 405 g/mol. The number of rotatable bonds is 2. The van der Waals surface area contributed by atoms with Crippen molar-refractivity contribution in [2.45, 2.75) is 51.4 Å². The Bertz CT molecular complexity index is 905. The first kappa shape index (κ1) is 20.0. The highest BCUT2D eigenvalue weighted by Crippen LogP contribution is 2.40. The fraction of sp³-hybridized carbons (Fsp3) is 0.500. The Hall–Kier alpha value is -2.28. The predicted octanol–water partition coefficient (Wildman–Crippen LogP) is 4.67. The Balaban J connectivity index is 1.84. The fourth-order valence-electron chi connectivity index (χ4n) is 4.15. The van der Waals surface area contributed by atoms with Crippen LogP contribution in [0.5, 0.6) is 5.75 Å². The lowest BCUT2D eigenvalue weighted by Gasteiger charge is -2.42. The largest absolute Gasteiger partial charge is 0.573 e. The maximum atomic E-state index is 12.7. The Morgan fingerprint density at radius 3 is 2.69 bits per heavy atom. The summed E-state index contributed by atoms with van der Waals surface area (Å²) >= 11 is 0. The average Bonchev–Trinajstić information content (AvgIpc) is 2.65. The van der Waals surface area contributed by atoms with E-state index in [-0.39, 0.29) is 11.2 Å². The second kappa shape index (κ2) is 7.20. The molecule has 0 bridgehead atoms. The number of pyridine rings is 1. The number of nitrogens with one attached hydrogen (secondary N) is 1. The Morgan fingerprint density at radius 2 is 1.97 bits per heavy atom. The number of hydrogen-bond acceptors (Lipinski definition) is 4. The molecule has 7 heteroatoms. The molecule has 0 saturated carbocycles. The Kier molecular flexibility index (Phi) is 4.97. The van der Waals surface area contributed by atoms with Crippen LogP contribution in [0, 0.1) is 0 Å². The van der Waals surface area contributed by atoms with E-state index in [1.165, 1.54) is 12.1 Å². The van der Waals surface area contributed by atoms with Crippen LogP contribution in [0.2, 0.25) is 0 Å². The molecule has 0 amide bonds. The minimum absolute atomic E-state index is 0.176. The molecule has 3 heterocycles. The first-order chi connectivity index (χ1) is 13.6. The fourth-order valence-corrected chi connectivity index (χ4v) is 4.15. The molecular weight excluding hydrogens is 379 g/mol. The van der Waals surface area contributed by atoms with Gasteiger partial charge in [0.15, 0.2) is 0 Å². The van der Waals surface area contributed by atoms with Gasteiger partial charge in [-0.05, 0) is 42.2 Å². The number of halogens is 3. The van der Waals surface area contributed by atoms with E-state index < -0.39 is 6.36 Å². The standard InChI is InChI=1S/C22H26F3N3O/c1-21(2,3)19-12-18(14-5-4-6-16(11-14)29-22(23,24)25)17-8-7-15-13-26-9-10-28(15)20(17)27-19/h4-6,11-12,15,26H,7-10,13H2,1-3H3/t15-/m1/s1. The molecule has 1 saturated heterocycles. The molecule has 2 aliphatic heterocycles. The maximum absolute atomic E-state index is 12.7. The van der Waals surface area contributed by atoms with Crippen molar-refractivity contribution in [2.75, 3.05) is 24.5 Å². The lowest BCUT2D eigenvalue weighted by atomic mass is 9.85. The zero-order valence-corrected chi connectivity index (χ0v) is 16.9. The van der Waals surface area contributed by atoms with E-state index in [0.717, 1.165) is 60.7 Å². The van der Waals surface area contributed by atoms with Gasteiger partial charge in [-0.2, -0.15) is 0 Å². The molecule has 2 aliphatic rings. The third-order valence-electron chi connectivity index (χ3n) is 5.60. The van der Waals surface area contributed by atoms with Crippen molar-refractivity contribution in [3.8, 4) is 16.9 Å². The molecule has 1 fully saturated rings. The van der Waals surface area contributed by atoms with Crippen molar-refractivity contribution in [3.63, 3.8) is 0 Å². The number of aromatic nitrogens is 1. The minimum Gasteiger partial charge on any atom is -0.406 e. The minimum atomic E-state index is -4.71. The summed E-state index contributed by atoms with van der Waals surface area (Å²) in [4.78, 5) is 7.39. The van der Waals surface area contributed by atoms with Crippen molar-refractivity contribution in [2.24, 2.45) is 0 Å². The molecule has 29 heavy (non-hydrogen) atoms. The lowest BCUT2D eigenvalue weighted by Crippen LogP contribution is -2.53. The summed E-state index contributed by atoms with van der Waals surface area (Å²) < 4.78 is 42.3. The van der Waals surface area contributed by atoms with Crippen molar-refractivity contribution in [3.05, 3.63) is 41.6 Å². The monoisotopic (exact) mass is 405 g/mol. The van der Waals surface area contributed by atoms with Crippen molar-refractivity contribution >= 4 is 5.82 Å². The van der Waals surface area contributed by atoms with Crippen LogP contribution in [0.25, 0.3) is 11.1 Å². The third kappa shape index (κ3) is 4.20. The zero-order valence-electron chi connectivity index (χ0n) is 16.9. The molecule has 2 aromatic rings. The summed E-state index contributed by atoms with van der Waals surface area (Å²) in [5.74, 6) is 0.779. The molecule has 0 unspecified atom stereocenters. The number of fused-ring (bicyclic) bond motifs is 3. The van der Waals surface area contributed by atoms with Crippen LogP contribution in [-0.2, 0) is 11.8 Å². The Labute approximate surface area is 169 Å². The van der Waals surface area contributed by atoms with E-state index >= 15 is 0 Å². The molecule has 156 valence electrons. The van der Waals surface area contributed by atoms with Crippen molar-refractivity contribution in [1.29, 1.82) is 0 Å². The third-order valence-corrected chi connectivity index (χ3v) is 5.60. The number of nitrogens with zero attached hydrogens (tertiary/aromatic N) is 2. The zero-order chi connectivity index (χ0) is 20.8. The number of anilines is 1. The van der Waals surface area contributed by atoms with Gasteiger partial charge in [0.1, 0.15) is 11.6 Å². The lowest BCUT2D eigenvalue weighted by molar-refractivity contribution is -0.274. The normalized spacial score (nSPS) is 19.5. The molecule has 4 rings (SSSR count). The number of piperazine rings is 1. The van der Waals surface area contributed by atoms with Crippen LogP contribution in [0.4, 0.5) is 19.0 Å². The van der Waals surface area contributed by atoms with Crippen LogP contribution >= 0.6 is 0 Å². The number of alkyl halides is 3. The highest BCUT2D eigenvalue weighted by molar-refractivity contribution is 5.75. The van der Waals surface area contributed by atoms with Gasteiger partial charge in [-0.25, -0.2) is 4.98 Å². The number of hydrogen-bond donors (Lipinski definition) is 1. The molecule has 0 radical (unpaired) electrons.